The van der Waals surface area contributed by atoms with Gasteiger partial charge in [0.25, 0.3) is 0 Å². The van der Waals surface area contributed by atoms with Crippen LogP contribution in [0.3, 0.4) is 0 Å². The molecule has 5 nitrogen and oxygen atoms in total. The minimum Gasteiger partial charge on any atom is -0.487 e. The number of hydrogen-bond acceptors (Lipinski definition) is 4. The highest BCUT2D eigenvalue weighted by molar-refractivity contribution is 5.99. The molecule has 0 radical (unpaired) electrons. The monoisotopic (exact) mass is 370 g/mol. The van der Waals surface area contributed by atoms with E-state index in [1.165, 1.54) is 6.07 Å². The molecule has 6 heteroatoms. The Morgan fingerprint density at radius 2 is 1.96 bits per heavy atom. The molecule has 0 saturated carbocycles. The van der Waals surface area contributed by atoms with Crippen molar-refractivity contribution in [2.24, 2.45) is 0 Å². The summed E-state index contributed by atoms with van der Waals surface area (Å²) in [6, 6.07) is 14.0. The first-order chi connectivity index (χ1) is 13.2. The van der Waals surface area contributed by atoms with Crippen LogP contribution in [0.1, 0.15) is 12.0 Å². The lowest BCUT2D eigenvalue weighted by Crippen LogP contribution is -2.47. The van der Waals surface area contributed by atoms with Gasteiger partial charge in [0.15, 0.2) is 0 Å². The summed E-state index contributed by atoms with van der Waals surface area (Å²) in [4.78, 5) is 17.1. The number of rotatable bonds is 5. The molecular weight excluding hydrogens is 347 g/mol. The molecule has 0 aliphatic carbocycles. The molecule has 4 rings (SSSR count). The third-order valence-electron chi connectivity index (χ3n) is 5.22. The van der Waals surface area contributed by atoms with E-state index in [2.05, 4.69) is 0 Å². The minimum atomic E-state index is -0.334. The smallest absolute Gasteiger partial charge is 0.244 e. The first-order valence-corrected chi connectivity index (χ1v) is 9.21. The van der Waals surface area contributed by atoms with Gasteiger partial charge >= 0.3 is 0 Å². The molecule has 1 saturated heterocycles. The average Bonchev–Trinajstić information content (AvgIpc) is 3.07. The largest absolute Gasteiger partial charge is 0.487 e. The number of likely N-dealkylation sites (tertiary alicyclic amines) is 1. The zero-order valence-corrected chi connectivity index (χ0v) is 15.3. The lowest BCUT2D eigenvalue weighted by molar-refractivity contribution is -0.123. The van der Waals surface area contributed by atoms with Crippen LogP contribution in [0.4, 0.5) is 10.1 Å². The maximum absolute atomic E-state index is 14.1. The van der Waals surface area contributed by atoms with Crippen molar-refractivity contribution in [1.82, 2.24) is 4.90 Å². The van der Waals surface area contributed by atoms with Crippen molar-refractivity contribution in [3.63, 3.8) is 0 Å². The predicted molar refractivity (Wildman–Crippen MR) is 100 cm³/mol. The van der Waals surface area contributed by atoms with Crippen LogP contribution in [-0.4, -0.2) is 49.8 Å². The van der Waals surface area contributed by atoms with Crippen LogP contribution in [0.2, 0.25) is 0 Å². The van der Waals surface area contributed by atoms with Crippen molar-refractivity contribution in [3.05, 3.63) is 59.9 Å². The fraction of sp³-hybridized carbons (Fsp3) is 0.381. The molecule has 0 spiro atoms. The van der Waals surface area contributed by atoms with Gasteiger partial charge in [0.05, 0.1) is 18.3 Å². The number of benzene rings is 2. The maximum Gasteiger partial charge on any atom is 0.244 e. The summed E-state index contributed by atoms with van der Waals surface area (Å²) < 4.78 is 25.5. The van der Waals surface area contributed by atoms with E-state index in [4.69, 9.17) is 9.47 Å². The van der Waals surface area contributed by atoms with Gasteiger partial charge in [-0.2, -0.15) is 0 Å². The number of fused-ring (bicyclic) bond motifs is 3. The van der Waals surface area contributed by atoms with Gasteiger partial charge in [0.2, 0.25) is 5.91 Å². The zero-order chi connectivity index (χ0) is 18.8. The van der Waals surface area contributed by atoms with Crippen molar-refractivity contribution in [2.75, 3.05) is 31.7 Å². The van der Waals surface area contributed by atoms with Crippen LogP contribution in [0.15, 0.2) is 48.5 Å². The van der Waals surface area contributed by atoms with Crippen LogP contribution in [0, 0.1) is 5.82 Å². The third kappa shape index (κ3) is 3.55. The number of nitrogens with zero attached hydrogens (tertiary/aromatic N) is 2. The molecule has 142 valence electrons. The maximum atomic E-state index is 14.1. The summed E-state index contributed by atoms with van der Waals surface area (Å²) in [7, 11) is 1.62. The number of halogens is 1. The molecule has 0 unspecified atom stereocenters. The van der Waals surface area contributed by atoms with Crippen LogP contribution in [0.5, 0.6) is 5.75 Å². The van der Waals surface area contributed by atoms with Crippen molar-refractivity contribution in [3.8, 4) is 5.75 Å². The Kier molecular flexibility index (Phi) is 5.09. The van der Waals surface area contributed by atoms with Crippen molar-refractivity contribution >= 4 is 11.6 Å². The molecule has 2 aliphatic heterocycles. The number of carbonyl (C=O) groups excluding carboxylic acids is 1. The van der Waals surface area contributed by atoms with Gasteiger partial charge in [-0.25, -0.2) is 4.39 Å². The zero-order valence-electron chi connectivity index (χ0n) is 15.3. The molecule has 2 atom stereocenters. The molecule has 1 amide bonds. The Labute approximate surface area is 158 Å². The first kappa shape index (κ1) is 17.9. The Morgan fingerprint density at radius 1 is 1.19 bits per heavy atom. The summed E-state index contributed by atoms with van der Waals surface area (Å²) in [5, 5.41) is 0. The number of carbonyl (C=O) groups is 1. The Morgan fingerprint density at radius 3 is 2.78 bits per heavy atom. The molecule has 2 aromatic carbocycles. The van der Waals surface area contributed by atoms with E-state index >= 15 is 0 Å². The van der Waals surface area contributed by atoms with E-state index in [1.54, 1.807) is 24.1 Å². The summed E-state index contributed by atoms with van der Waals surface area (Å²) >= 11 is 0. The van der Waals surface area contributed by atoms with Crippen LogP contribution in [-0.2, 0) is 16.1 Å². The number of ether oxygens (including phenoxy) is 2. The minimum absolute atomic E-state index is 0.0154. The summed E-state index contributed by atoms with van der Waals surface area (Å²) in [5.74, 6) is 0.474. The topological polar surface area (TPSA) is 42.0 Å². The fourth-order valence-electron chi connectivity index (χ4n) is 3.90. The Hall–Kier alpha value is -2.44. The van der Waals surface area contributed by atoms with E-state index in [1.807, 2.05) is 35.2 Å². The van der Waals surface area contributed by atoms with E-state index in [9.17, 15) is 9.18 Å². The molecule has 0 aromatic heterocycles. The molecule has 2 bridgehead atoms. The first-order valence-electron chi connectivity index (χ1n) is 9.21. The number of anilines is 1. The predicted octanol–water partition coefficient (Wildman–Crippen LogP) is 2.84. The van der Waals surface area contributed by atoms with Gasteiger partial charge in [-0.15, -0.1) is 0 Å². The molecular formula is C21H23FN2O3. The van der Waals surface area contributed by atoms with E-state index < -0.39 is 0 Å². The normalized spacial score (nSPS) is 22.1. The number of amides is 1. The van der Waals surface area contributed by atoms with E-state index in [0.717, 1.165) is 5.69 Å². The lowest BCUT2D eigenvalue weighted by atomic mass is 10.1. The highest BCUT2D eigenvalue weighted by atomic mass is 19.1. The molecule has 2 aromatic rings. The average molecular weight is 370 g/mol. The van der Waals surface area contributed by atoms with Crippen molar-refractivity contribution in [2.45, 2.75) is 25.1 Å². The molecule has 2 heterocycles. The number of hydrogen-bond donors (Lipinski definition) is 0. The SMILES string of the molecule is COCCN1C(=O)[C@@H]2C[C@@H](CN2Cc2ccccc2F)Oc2ccccc21. The quantitative estimate of drug-likeness (QED) is 0.812. The Bertz CT molecular complexity index is 829. The second-order valence-electron chi connectivity index (χ2n) is 6.96. The summed E-state index contributed by atoms with van der Waals surface area (Å²) in [6.07, 6.45) is 0.516. The highest BCUT2D eigenvalue weighted by Crippen LogP contribution is 2.36. The second-order valence-corrected chi connectivity index (χ2v) is 6.96. The van der Waals surface area contributed by atoms with E-state index in [-0.39, 0.29) is 23.9 Å². The van der Waals surface area contributed by atoms with Gasteiger partial charge in [-0.1, -0.05) is 30.3 Å². The molecule has 1 fully saturated rings. The van der Waals surface area contributed by atoms with Crippen molar-refractivity contribution in [1.29, 1.82) is 0 Å². The van der Waals surface area contributed by atoms with Crippen LogP contribution >= 0.6 is 0 Å². The van der Waals surface area contributed by atoms with Gasteiger partial charge in [0.1, 0.15) is 17.7 Å². The van der Waals surface area contributed by atoms with Gasteiger partial charge in [0, 0.05) is 38.7 Å². The standard InChI is InChI=1S/C21H23FN2O3/c1-26-11-10-24-18-8-4-5-9-20(18)27-16-12-19(21(24)25)23(14-16)13-15-6-2-3-7-17(15)22/h2-9,16,19H,10-14H2,1H3/t16-,19-/m0/s1. The number of para-hydroxylation sites is 2. The van der Waals surface area contributed by atoms with Crippen molar-refractivity contribution < 1.29 is 18.7 Å². The molecule has 2 aliphatic rings. The third-order valence-corrected chi connectivity index (χ3v) is 5.22. The summed E-state index contributed by atoms with van der Waals surface area (Å²) in [5.41, 5.74) is 1.36. The Balaban J connectivity index is 1.65. The highest BCUT2D eigenvalue weighted by Gasteiger charge is 2.42. The lowest BCUT2D eigenvalue weighted by Gasteiger charge is -2.31. The fourth-order valence-corrected chi connectivity index (χ4v) is 3.90. The molecule has 0 N–H and O–H groups in total. The van der Waals surface area contributed by atoms with Gasteiger partial charge < -0.3 is 14.4 Å². The number of methoxy groups -OCH3 is 1. The van der Waals surface area contributed by atoms with Crippen LogP contribution in [0.25, 0.3) is 0 Å². The van der Waals surface area contributed by atoms with Crippen LogP contribution < -0.4 is 9.64 Å². The second kappa shape index (κ2) is 7.66. The van der Waals surface area contributed by atoms with Gasteiger partial charge in [-0.05, 0) is 18.2 Å². The summed E-state index contributed by atoms with van der Waals surface area (Å²) in [6.45, 7) is 1.86. The van der Waals surface area contributed by atoms with E-state index in [0.29, 0.717) is 44.0 Å². The van der Waals surface area contributed by atoms with Gasteiger partial charge in [-0.3, -0.25) is 9.69 Å². The molecule has 27 heavy (non-hydrogen) atoms.